The van der Waals surface area contributed by atoms with Crippen LogP contribution in [0.3, 0.4) is 0 Å². The molecule has 2 aliphatic rings. The lowest BCUT2D eigenvalue weighted by Gasteiger charge is -2.41. The van der Waals surface area contributed by atoms with E-state index in [1.807, 2.05) is 19.1 Å². The van der Waals surface area contributed by atoms with E-state index in [0.717, 1.165) is 5.56 Å². The van der Waals surface area contributed by atoms with Crippen molar-refractivity contribution in [2.45, 2.75) is 49.6 Å². The molecule has 4 rings (SSSR count). The van der Waals surface area contributed by atoms with Crippen LogP contribution < -0.4 is 10.1 Å². The number of non-ortho nitro benzene ring substituents is 1. The molecular weight excluding hydrogens is 490 g/mol. The fourth-order valence-corrected chi connectivity index (χ4v) is 6.14. The van der Waals surface area contributed by atoms with Gasteiger partial charge < -0.3 is 19.3 Å². The summed E-state index contributed by atoms with van der Waals surface area (Å²) in [6, 6.07) is 10.5. The van der Waals surface area contributed by atoms with Gasteiger partial charge in [-0.2, -0.15) is 0 Å². The summed E-state index contributed by atoms with van der Waals surface area (Å²) in [6.07, 6.45) is 0. The molecule has 36 heavy (non-hydrogen) atoms. The van der Waals surface area contributed by atoms with E-state index in [4.69, 9.17) is 9.47 Å². The van der Waals surface area contributed by atoms with E-state index in [0.29, 0.717) is 11.3 Å². The molecule has 0 bridgehead atoms. The van der Waals surface area contributed by atoms with Crippen molar-refractivity contribution >= 4 is 34.6 Å². The minimum atomic E-state index is -1.66. The largest absolute Gasteiger partial charge is 0.614 e. The molecule has 12 heteroatoms. The molecule has 2 aromatic rings. The molecule has 0 aromatic heterocycles. The molecule has 0 radical (unpaired) electrons. The Morgan fingerprint density at radius 2 is 1.78 bits per heavy atom. The lowest BCUT2D eigenvalue weighted by Crippen LogP contribution is -2.72. The van der Waals surface area contributed by atoms with Gasteiger partial charge in [0.2, 0.25) is 5.37 Å². The van der Waals surface area contributed by atoms with Crippen molar-refractivity contribution in [3.05, 3.63) is 69.8 Å². The Kier molecular flexibility index (Phi) is 6.92. The maximum Gasteiger partial charge on any atom is 0.334 e. The lowest BCUT2D eigenvalue weighted by atomic mass is 9.96. The van der Waals surface area contributed by atoms with Crippen molar-refractivity contribution in [1.29, 1.82) is 0 Å². The Hall–Kier alpha value is -3.64. The van der Waals surface area contributed by atoms with Crippen molar-refractivity contribution in [1.82, 2.24) is 10.2 Å². The Morgan fingerprint density at radius 3 is 2.39 bits per heavy atom. The number of benzene rings is 2. The van der Waals surface area contributed by atoms with E-state index in [1.165, 1.54) is 29.2 Å². The number of amides is 2. The normalized spacial score (nSPS) is 23.9. The fraction of sp³-hybridized carbons (Fsp3) is 0.375. The van der Waals surface area contributed by atoms with Crippen LogP contribution in [0, 0.1) is 17.0 Å². The Labute approximate surface area is 210 Å². The van der Waals surface area contributed by atoms with Gasteiger partial charge in [-0.3, -0.25) is 24.6 Å². The van der Waals surface area contributed by atoms with Gasteiger partial charge in [0.05, 0.1) is 4.92 Å². The number of rotatable bonds is 8. The lowest BCUT2D eigenvalue weighted by molar-refractivity contribution is -0.384. The summed E-state index contributed by atoms with van der Waals surface area (Å²) in [5, 5.41) is 12.5. The summed E-state index contributed by atoms with van der Waals surface area (Å²) in [5.74, 6) is -1.32. The second-order valence-corrected chi connectivity index (χ2v) is 11.2. The standard InChI is InChI=1S/C24H25N3O8S/c1-14-4-10-17(11-5-14)34-13-18(28)25-19-21(29)26-20(24(2,3)36(33)22(19)26)23(30)35-12-15-6-8-16(9-7-15)27(31)32/h4-11,19-20,22H,12-13H2,1-3H3,(H,25,28)/t19?,20?,22-,36?/m0/s1. The number of nitrogens with zero attached hydrogens (tertiary/aromatic N) is 2. The van der Waals surface area contributed by atoms with Crippen molar-refractivity contribution in [2.75, 3.05) is 6.61 Å². The van der Waals surface area contributed by atoms with Crippen molar-refractivity contribution in [2.24, 2.45) is 0 Å². The Morgan fingerprint density at radius 1 is 1.14 bits per heavy atom. The van der Waals surface area contributed by atoms with E-state index < -0.39 is 56.1 Å². The second-order valence-electron chi connectivity index (χ2n) is 9.12. The number of hydrogen-bond acceptors (Lipinski definition) is 8. The maximum atomic E-state index is 13.2. The first-order valence-corrected chi connectivity index (χ1v) is 12.3. The van der Waals surface area contributed by atoms with Crippen LogP contribution in [0.15, 0.2) is 48.5 Å². The Balaban J connectivity index is 1.37. The molecule has 0 spiro atoms. The van der Waals surface area contributed by atoms with Gasteiger partial charge in [-0.05, 0) is 61.8 Å². The molecule has 2 heterocycles. The minimum Gasteiger partial charge on any atom is -0.614 e. The third-order valence-corrected chi connectivity index (χ3v) is 8.41. The zero-order valence-corrected chi connectivity index (χ0v) is 20.7. The van der Waals surface area contributed by atoms with Crippen molar-refractivity contribution < 1.29 is 33.3 Å². The average Bonchev–Trinajstić information content (AvgIpc) is 3.04. The zero-order valence-electron chi connectivity index (χ0n) is 19.8. The number of carbonyl (C=O) groups is 3. The van der Waals surface area contributed by atoms with Gasteiger partial charge in [0.1, 0.15) is 12.4 Å². The van der Waals surface area contributed by atoms with E-state index in [1.54, 1.807) is 26.0 Å². The highest BCUT2D eigenvalue weighted by Gasteiger charge is 2.73. The SMILES string of the molecule is Cc1ccc(OCC(=O)NC2C(=O)N3C(C(=O)OCc4ccc([N+](=O)[O-])cc4)C(C)(C)[S+]([O-])[C@@H]23)cc1. The smallest absolute Gasteiger partial charge is 0.334 e. The van der Waals surface area contributed by atoms with Crippen LogP contribution in [-0.2, 0) is 36.9 Å². The number of ether oxygens (including phenoxy) is 2. The number of aryl methyl sites for hydroxylation is 1. The van der Waals surface area contributed by atoms with Crippen LogP contribution in [0.5, 0.6) is 5.75 Å². The molecule has 190 valence electrons. The van der Waals surface area contributed by atoms with Crippen LogP contribution in [0.25, 0.3) is 0 Å². The molecule has 2 fully saturated rings. The van der Waals surface area contributed by atoms with Crippen molar-refractivity contribution in [3.63, 3.8) is 0 Å². The molecule has 2 aromatic carbocycles. The summed E-state index contributed by atoms with van der Waals surface area (Å²) in [7, 11) is 0. The molecule has 4 atom stereocenters. The van der Waals surface area contributed by atoms with Crippen molar-refractivity contribution in [3.8, 4) is 5.75 Å². The number of nitrogens with one attached hydrogen (secondary N) is 1. The monoisotopic (exact) mass is 515 g/mol. The third-order valence-electron chi connectivity index (χ3n) is 6.21. The number of nitro benzene ring substituents is 1. The van der Waals surface area contributed by atoms with Gasteiger partial charge in [0.15, 0.2) is 23.4 Å². The number of β-lactam (4-membered cyclic amide) rings is 1. The molecular formula is C24H25N3O8S. The molecule has 1 N–H and O–H groups in total. The predicted octanol–water partition coefficient (Wildman–Crippen LogP) is 1.59. The predicted molar refractivity (Wildman–Crippen MR) is 128 cm³/mol. The number of esters is 1. The molecule has 2 amide bonds. The van der Waals surface area contributed by atoms with Gasteiger partial charge >= 0.3 is 5.97 Å². The van der Waals surface area contributed by atoms with Gasteiger partial charge in [-0.15, -0.1) is 0 Å². The molecule has 11 nitrogen and oxygen atoms in total. The van der Waals surface area contributed by atoms with Crippen LogP contribution in [-0.4, -0.2) is 61.0 Å². The number of fused-ring (bicyclic) bond motifs is 1. The summed E-state index contributed by atoms with van der Waals surface area (Å²) in [6.45, 7) is 4.64. The molecule has 2 saturated heterocycles. The highest BCUT2D eigenvalue weighted by molar-refractivity contribution is 7.94. The van der Waals surface area contributed by atoms with Gasteiger partial charge in [0, 0.05) is 12.1 Å². The first-order chi connectivity index (χ1) is 17.0. The van der Waals surface area contributed by atoms with E-state index >= 15 is 0 Å². The number of hydrogen-bond donors (Lipinski definition) is 1. The number of carbonyl (C=O) groups excluding carboxylic acids is 3. The molecule has 3 unspecified atom stereocenters. The topological polar surface area (TPSA) is 151 Å². The highest BCUT2D eigenvalue weighted by atomic mass is 32.2. The van der Waals surface area contributed by atoms with Gasteiger partial charge in [0.25, 0.3) is 17.5 Å². The van der Waals surface area contributed by atoms with Crippen LogP contribution in [0.2, 0.25) is 0 Å². The summed E-state index contributed by atoms with van der Waals surface area (Å²) in [4.78, 5) is 49.7. The molecule has 2 aliphatic heterocycles. The van der Waals surface area contributed by atoms with Crippen LogP contribution in [0.4, 0.5) is 5.69 Å². The van der Waals surface area contributed by atoms with Crippen LogP contribution in [0.1, 0.15) is 25.0 Å². The van der Waals surface area contributed by atoms with E-state index in [2.05, 4.69) is 5.32 Å². The van der Waals surface area contributed by atoms with E-state index in [-0.39, 0.29) is 18.9 Å². The average molecular weight is 516 g/mol. The van der Waals surface area contributed by atoms with E-state index in [9.17, 15) is 29.1 Å². The maximum absolute atomic E-state index is 13.2. The quantitative estimate of drug-likeness (QED) is 0.183. The summed E-state index contributed by atoms with van der Waals surface area (Å²) >= 11 is -1.66. The highest BCUT2D eigenvalue weighted by Crippen LogP contribution is 2.46. The Bertz CT molecular complexity index is 1180. The minimum absolute atomic E-state index is 0.0937. The number of nitro groups is 1. The molecule has 0 saturated carbocycles. The zero-order chi connectivity index (χ0) is 26.2. The summed E-state index contributed by atoms with van der Waals surface area (Å²) < 4.78 is 22.9. The third kappa shape index (κ3) is 4.73. The van der Waals surface area contributed by atoms with Gasteiger partial charge in [-0.25, -0.2) is 4.79 Å². The molecule has 0 aliphatic carbocycles. The van der Waals surface area contributed by atoms with Gasteiger partial charge in [-0.1, -0.05) is 17.7 Å². The fourth-order valence-electron chi connectivity index (χ4n) is 4.22. The summed E-state index contributed by atoms with van der Waals surface area (Å²) in [5.41, 5.74) is 1.47. The first kappa shape index (κ1) is 25.5. The van der Waals surface area contributed by atoms with Crippen LogP contribution >= 0.6 is 0 Å². The first-order valence-electron chi connectivity index (χ1n) is 11.1. The second kappa shape index (κ2) is 9.78.